The van der Waals surface area contributed by atoms with Gasteiger partial charge in [-0.15, -0.1) is 0 Å². The quantitative estimate of drug-likeness (QED) is 0.787. The molecule has 3 heteroatoms. The highest BCUT2D eigenvalue weighted by atomic mass is 32.2. The highest BCUT2D eigenvalue weighted by Gasteiger charge is 2.29. The fourth-order valence-corrected chi connectivity index (χ4v) is 4.55. The lowest BCUT2D eigenvalue weighted by atomic mass is 9.90. The smallest absolute Gasteiger partial charge is 0.187 e. The van der Waals surface area contributed by atoms with Crippen LogP contribution in [-0.2, 0) is 17.5 Å². The third-order valence-corrected chi connectivity index (χ3v) is 6.09. The average molecular weight is 314 g/mol. The van der Waals surface area contributed by atoms with E-state index in [4.69, 9.17) is 0 Å². The Labute approximate surface area is 134 Å². The van der Waals surface area contributed by atoms with Crippen LogP contribution in [0, 0.1) is 5.92 Å². The largest absolute Gasteiger partial charge is 0.302 e. The van der Waals surface area contributed by atoms with Crippen molar-refractivity contribution in [3.05, 3.63) is 40.0 Å². The zero-order chi connectivity index (χ0) is 15.3. The maximum absolute atomic E-state index is 11.9. The Hall–Kier alpha value is -1.19. The summed E-state index contributed by atoms with van der Waals surface area (Å²) in [5.74, 6) is 1.21. The molecule has 3 aliphatic rings. The molecule has 1 unspecified atom stereocenters. The van der Waals surface area contributed by atoms with Crippen LogP contribution in [-0.4, -0.2) is 8.76 Å². The normalized spacial score (nSPS) is 28.8. The molecule has 3 aliphatic carbocycles. The lowest BCUT2D eigenvalue weighted by molar-refractivity contribution is 0.564. The van der Waals surface area contributed by atoms with E-state index >= 15 is 0 Å². The minimum atomic E-state index is -1.93. The summed E-state index contributed by atoms with van der Waals surface area (Å²) in [7, 11) is 0. The van der Waals surface area contributed by atoms with E-state index in [1.807, 2.05) is 6.07 Å². The monoisotopic (exact) mass is 314 g/mol. The van der Waals surface area contributed by atoms with Crippen molar-refractivity contribution in [1.82, 2.24) is 0 Å². The van der Waals surface area contributed by atoms with Crippen molar-refractivity contribution < 1.29 is 8.76 Å². The summed E-state index contributed by atoms with van der Waals surface area (Å²) in [4.78, 5) is 0.604. The first-order chi connectivity index (χ1) is 10.6. The summed E-state index contributed by atoms with van der Waals surface area (Å²) in [6, 6.07) is 2.00. The Balaban J connectivity index is 1.97. The van der Waals surface area contributed by atoms with Crippen molar-refractivity contribution in [1.29, 1.82) is 0 Å². The van der Waals surface area contributed by atoms with Crippen LogP contribution in [0.15, 0.2) is 22.6 Å². The predicted octanol–water partition coefficient (Wildman–Crippen LogP) is 4.92. The highest BCUT2D eigenvalue weighted by molar-refractivity contribution is 7.79. The molecule has 1 saturated carbocycles. The molecule has 2 atom stereocenters. The number of rotatable bonds is 2. The van der Waals surface area contributed by atoms with E-state index in [0.717, 1.165) is 31.2 Å². The Bertz CT molecular complexity index is 711. The summed E-state index contributed by atoms with van der Waals surface area (Å²) in [6.07, 6.45) is 13.7. The van der Waals surface area contributed by atoms with Gasteiger partial charge in [-0.25, -0.2) is 4.21 Å². The molecule has 0 aliphatic heterocycles. The Morgan fingerprint density at radius 3 is 2.73 bits per heavy atom. The van der Waals surface area contributed by atoms with Crippen molar-refractivity contribution in [3.8, 4) is 0 Å². The first-order valence-electron chi connectivity index (χ1n) is 8.32. The van der Waals surface area contributed by atoms with Gasteiger partial charge in [0.15, 0.2) is 11.1 Å². The molecular formula is C19H22O2S. The van der Waals surface area contributed by atoms with Crippen LogP contribution in [0.2, 0.25) is 0 Å². The van der Waals surface area contributed by atoms with Crippen LogP contribution < -0.4 is 0 Å². The van der Waals surface area contributed by atoms with Crippen LogP contribution >= 0.6 is 0 Å². The molecule has 22 heavy (non-hydrogen) atoms. The Morgan fingerprint density at radius 2 is 2.00 bits per heavy atom. The molecule has 1 N–H and O–H groups in total. The second-order valence-corrected chi connectivity index (χ2v) is 7.83. The van der Waals surface area contributed by atoms with Gasteiger partial charge in [-0.3, -0.25) is 0 Å². The summed E-state index contributed by atoms with van der Waals surface area (Å²) in [5.41, 5.74) is 6.37. The van der Waals surface area contributed by atoms with Crippen LogP contribution in [0.3, 0.4) is 0 Å². The van der Waals surface area contributed by atoms with Gasteiger partial charge in [0.2, 0.25) is 0 Å². The zero-order valence-corrected chi connectivity index (χ0v) is 13.8. The average Bonchev–Trinajstić information content (AvgIpc) is 3.23. The van der Waals surface area contributed by atoms with E-state index in [0.29, 0.717) is 16.7 Å². The predicted molar refractivity (Wildman–Crippen MR) is 91.2 cm³/mol. The zero-order valence-electron chi connectivity index (χ0n) is 13.0. The van der Waals surface area contributed by atoms with Gasteiger partial charge in [0.05, 0.1) is 4.90 Å². The molecule has 2 nitrogen and oxygen atoms in total. The summed E-state index contributed by atoms with van der Waals surface area (Å²) < 4.78 is 21.7. The van der Waals surface area contributed by atoms with Gasteiger partial charge >= 0.3 is 0 Å². The molecule has 4 rings (SSSR count). The van der Waals surface area contributed by atoms with Crippen LogP contribution in [0.5, 0.6) is 0 Å². The second-order valence-electron chi connectivity index (χ2n) is 6.89. The third-order valence-electron chi connectivity index (χ3n) is 5.38. The number of allylic oxidation sites excluding steroid dienone is 2. The molecule has 0 spiro atoms. The van der Waals surface area contributed by atoms with E-state index < -0.39 is 11.1 Å². The van der Waals surface area contributed by atoms with E-state index in [9.17, 15) is 8.76 Å². The van der Waals surface area contributed by atoms with Crippen molar-refractivity contribution >= 4 is 23.2 Å². The maximum atomic E-state index is 11.9. The molecule has 0 heterocycles. The first kappa shape index (κ1) is 14.4. The van der Waals surface area contributed by atoms with E-state index in [1.165, 1.54) is 35.1 Å². The second kappa shape index (κ2) is 5.47. The molecular weight excluding hydrogens is 292 g/mol. The lowest BCUT2D eigenvalue weighted by Gasteiger charge is -2.17. The number of benzene rings is 1. The minimum absolute atomic E-state index is 0.494. The van der Waals surface area contributed by atoms with E-state index in [2.05, 4.69) is 25.2 Å². The Morgan fingerprint density at radius 1 is 1.18 bits per heavy atom. The molecule has 0 aromatic heterocycles. The van der Waals surface area contributed by atoms with E-state index in [1.54, 1.807) is 0 Å². The molecule has 1 fully saturated rings. The summed E-state index contributed by atoms with van der Waals surface area (Å²) in [6.45, 7) is 2.22. The van der Waals surface area contributed by atoms with Gasteiger partial charge in [-0.2, -0.15) is 0 Å². The van der Waals surface area contributed by atoms with Crippen molar-refractivity contribution in [2.75, 3.05) is 0 Å². The fourth-order valence-electron chi connectivity index (χ4n) is 3.96. The molecule has 0 radical (unpaired) electrons. The highest BCUT2D eigenvalue weighted by Crippen LogP contribution is 2.44. The first-order valence-corrected chi connectivity index (χ1v) is 9.43. The van der Waals surface area contributed by atoms with Gasteiger partial charge in [-0.05, 0) is 73.1 Å². The van der Waals surface area contributed by atoms with Crippen molar-refractivity contribution in [2.45, 2.75) is 56.3 Å². The van der Waals surface area contributed by atoms with Crippen LogP contribution in [0.4, 0.5) is 0 Å². The number of hydrogen-bond donors (Lipinski definition) is 1. The van der Waals surface area contributed by atoms with Gasteiger partial charge < -0.3 is 4.55 Å². The topological polar surface area (TPSA) is 37.3 Å². The molecule has 0 bridgehead atoms. The van der Waals surface area contributed by atoms with Crippen molar-refractivity contribution in [3.63, 3.8) is 0 Å². The van der Waals surface area contributed by atoms with Gasteiger partial charge in [0.1, 0.15) is 0 Å². The third kappa shape index (κ3) is 2.40. The summed E-state index contributed by atoms with van der Waals surface area (Å²) in [5, 5.41) is 0. The van der Waals surface area contributed by atoms with Gasteiger partial charge in [-0.1, -0.05) is 30.7 Å². The van der Waals surface area contributed by atoms with Crippen molar-refractivity contribution in [2.24, 2.45) is 5.92 Å². The molecule has 1 aromatic rings. The minimum Gasteiger partial charge on any atom is -0.302 e. The number of hydrogen-bond acceptors (Lipinski definition) is 1. The number of fused-ring (bicyclic) bond motifs is 3. The Kier molecular flexibility index (Phi) is 3.58. The van der Waals surface area contributed by atoms with Crippen LogP contribution in [0.25, 0.3) is 12.2 Å². The summed E-state index contributed by atoms with van der Waals surface area (Å²) >= 11 is -1.93. The maximum Gasteiger partial charge on any atom is 0.187 e. The fraction of sp³-hybridized carbons (Fsp3) is 0.474. The van der Waals surface area contributed by atoms with Gasteiger partial charge in [0.25, 0.3) is 0 Å². The molecule has 0 saturated heterocycles. The molecule has 0 amide bonds. The van der Waals surface area contributed by atoms with Gasteiger partial charge in [0, 0.05) is 5.56 Å². The molecule has 1 aromatic carbocycles. The SMILES string of the molecule is C[C@@H]1CCc2c1cc(S(=O)O)c1c2/C=C\CC/C(C2CC2)=C\1. The standard InChI is InChI=1S/C19H22O2S/c1-12-6-9-16-15-5-3-2-4-14(13-7-8-13)10-18(15)19(22(20)21)11-17(12)16/h3,5,10-13H,2,4,6-9H2,1H3,(H,20,21)/b5-3-,14-10+/t12-/m1/s1. The van der Waals surface area contributed by atoms with Crippen LogP contribution in [0.1, 0.15) is 67.2 Å². The molecule has 116 valence electrons. The van der Waals surface area contributed by atoms with E-state index in [-0.39, 0.29) is 0 Å². The lowest BCUT2D eigenvalue weighted by Crippen LogP contribution is -2.03.